The van der Waals surface area contributed by atoms with Crippen molar-refractivity contribution in [3.63, 3.8) is 0 Å². The molecule has 6 heteroatoms. The summed E-state index contributed by atoms with van der Waals surface area (Å²) in [6, 6.07) is 6.59. The average molecular weight is 342 g/mol. The van der Waals surface area contributed by atoms with Crippen molar-refractivity contribution in [2.24, 2.45) is 0 Å². The molecule has 4 heterocycles. The van der Waals surface area contributed by atoms with E-state index in [1.165, 1.54) is 19.3 Å². The molecule has 2 fully saturated rings. The van der Waals surface area contributed by atoms with E-state index in [1.54, 1.807) is 6.20 Å². The molecular formula is C19H26N4O2. The molecule has 0 aromatic carbocycles. The lowest BCUT2D eigenvalue weighted by molar-refractivity contribution is -0.0384. The molecule has 2 atom stereocenters. The van der Waals surface area contributed by atoms with E-state index >= 15 is 0 Å². The van der Waals surface area contributed by atoms with Gasteiger partial charge in [-0.15, -0.1) is 0 Å². The van der Waals surface area contributed by atoms with Crippen molar-refractivity contribution in [3.8, 4) is 17.1 Å². The van der Waals surface area contributed by atoms with Gasteiger partial charge in [-0.25, -0.2) is 4.68 Å². The number of ether oxygens (including phenoxy) is 2. The van der Waals surface area contributed by atoms with Gasteiger partial charge in [-0.2, -0.15) is 5.10 Å². The molecular weight excluding hydrogens is 316 g/mol. The van der Waals surface area contributed by atoms with Crippen molar-refractivity contribution < 1.29 is 9.47 Å². The van der Waals surface area contributed by atoms with Gasteiger partial charge in [-0.1, -0.05) is 0 Å². The van der Waals surface area contributed by atoms with Crippen LogP contribution in [0.2, 0.25) is 0 Å². The molecule has 2 saturated heterocycles. The summed E-state index contributed by atoms with van der Waals surface area (Å²) >= 11 is 0. The van der Waals surface area contributed by atoms with Crippen LogP contribution in [-0.2, 0) is 4.74 Å². The SMILES string of the molecule is c1cc(-c2ccc(OCC[C@H]3CCCN3)cn2)n(C2CCCCO2)n1. The van der Waals surface area contributed by atoms with Crippen LogP contribution in [0, 0.1) is 0 Å². The van der Waals surface area contributed by atoms with Crippen LogP contribution >= 0.6 is 0 Å². The van der Waals surface area contributed by atoms with E-state index in [-0.39, 0.29) is 6.23 Å². The van der Waals surface area contributed by atoms with Gasteiger partial charge in [0.2, 0.25) is 0 Å². The monoisotopic (exact) mass is 342 g/mol. The van der Waals surface area contributed by atoms with Gasteiger partial charge in [-0.05, 0) is 63.3 Å². The summed E-state index contributed by atoms with van der Waals surface area (Å²) in [5, 5.41) is 7.94. The van der Waals surface area contributed by atoms with Crippen molar-refractivity contribution in [3.05, 3.63) is 30.6 Å². The Labute approximate surface area is 148 Å². The van der Waals surface area contributed by atoms with Crippen molar-refractivity contribution in [2.45, 2.75) is 50.8 Å². The minimum atomic E-state index is 0.0235. The Morgan fingerprint density at radius 1 is 1.20 bits per heavy atom. The molecule has 0 saturated carbocycles. The highest BCUT2D eigenvalue weighted by atomic mass is 16.5. The van der Waals surface area contributed by atoms with E-state index in [1.807, 2.05) is 29.1 Å². The third-order valence-corrected chi connectivity index (χ3v) is 4.99. The van der Waals surface area contributed by atoms with Gasteiger partial charge in [0.25, 0.3) is 0 Å². The fraction of sp³-hybridized carbons (Fsp3) is 0.579. The lowest BCUT2D eigenvalue weighted by atomic mass is 10.2. The Bertz CT molecular complexity index is 658. The number of rotatable bonds is 6. The summed E-state index contributed by atoms with van der Waals surface area (Å²) < 4.78 is 13.6. The maximum atomic E-state index is 5.85. The Hall–Kier alpha value is -1.92. The molecule has 2 aliphatic rings. The van der Waals surface area contributed by atoms with E-state index in [0.29, 0.717) is 6.04 Å². The van der Waals surface area contributed by atoms with Crippen molar-refractivity contribution in [2.75, 3.05) is 19.8 Å². The zero-order valence-corrected chi connectivity index (χ0v) is 14.6. The molecule has 0 radical (unpaired) electrons. The van der Waals surface area contributed by atoms with Crippen LogP contribution < -0.4 is 10.1 Å². The van der Waals surface area contributed by atoms with Crippen molar-refractivity contribution in [1.29, 1.82) is 0 Å². The van der Waals surface area contributed by atoms with Crippen molar-refractivity contribution >= 4 is 0 Å². The number of pyridine rings is 1. The predicted octanol–water partition coefficient (Wildman–Crippen LogP) is 3.17. The molecule has 4 rings (SSSR count). The Morgan fingerprint density at radius 3 is 2.96 bits per heavy atom. The van der Waals surface area contributed by atoms with E-state index in [4.69, 9.17) is 9.47 Å². The smallest absolute Gasteiger partial charge is 0.150 e. The van der Waals surface area contributed by atoms with Crippen LogP contribution in [0.25, 0.3) is 11.4 Å². The fourth-order valence-electron chi connectivity index (χ4n) is 3.60. The molecule has 0 aliphatic carbocycles. The number of nitrogens with one attached hydrogen (secondary N) is 1. The van der Waals surface area contributed by atoms with Gasteiger partial charge in [0, 0.05) is 18.8 Å². The largest absolute Gasteiger partial charge is 0.492 e. The Kier molecular flexibility index (Phi) is 5.28. The molecule has 0 spiro atoms. The van der Waals surface area contributed by atoms with Crippen LogP contribution in [0.3, 0.4) is 0 Å². The third-order valence-electron chi connectivity index (χ3n) is 4.99. The highest BCUT2D eigenvalue weighted by Crippen LogP contribution is 2.27. The van der Waals surface area contributed by atoms with Gasteiger partial charge in [0.15, 0.2) is 6.23 Å². The molecule has 0 amide bonds. The van der Waals surface area contributed by atoms with Crippen LogP contribution in [0.15, 0.2) is 30.6 Å². The topological polar surface area (TPSA) is 61.2 Å². The van der Waals surface area contributed by atoms with Gasteiger partial charge in [0.05, 0.1) is 24.2 Å². The summed E-state index contributed by atoms with van der Waals surface area (Å²) in [5.41, 5.74) is 1.89. The zero-order chi connectivity index (χ0) is 16.9. The molecule has 25 heavy (non-hydrogen) atoms. The standard InChI is InChI=1S/C19H26N4O2/c1-2-12-25-19(5-1)23-18(8-11-22-23)17-7-6-16(14-21-17)24-13-9-15-4-3-10-20-15/h6-8,11,14-15,19-20H,1-5,9-10,12-13H2/t15-,19?/m1/s1. The summed E-state index contributed by atoms with van der Waals surface area (Å²) in [6.07, 6.45) is 10.5. The highest BCUT2D eigenvalue weighted by Gasteiger charge is 2.20. The molecule has 2 aliphatic heterocycles. The predicted molar refractivity (Wildman–Crippen MR) is 95.4 cm³/mol. The van der Waals surface area contributed by atoms with E-state index in [9.17, 15) is 0 Å². The first-order valence-corrected chi connectivity index (χ1v) is 9.38. The lowest BCUT2D eigenvalue weighted by Gasteiger charge is -2.24. The normalized spacial score (nSPS) is 23.7. The molecule has 1 unspecified atom stereocenters. The third kappa shape index (κ3) is 4.02. The van der Waals surface area contributed by atoms with Crippen LogP contribution in [0.5, 0.6) is 5.75 Å². The van der Waals surface area contributed by atoms with Gasteiger partial charge in [-0.3, -0.25) is 4.98 Å². The summed E-state index contributed by atoms with van der Waals surface area (Å²) in [4.78, 5) is 4.57. The first-order chi connectivity index (χ1) is 12.4. The fourth-order valence-corrected chi connectivity index (χ4v) is 3.60. The minimum Gasteiger partial charge on any atom is -0.492 e. The Balaban J connectivity index is 1.37. The van der Waals surface area contributed by atoms with Gasteiger partial charge in [0.1, 0.15) is 5.75 Å². The average Bonchev–Trinajstić information content (AvgIpc) is 3.35. The number of hydrogen-bond acceptors (Lipinski definition) is 5. The molecule has 1 N–H and O–H groups in total. The van der Waals surface area contributed by atoms with Crippen molar-refractivity contribution in [1.82, 2.24) is 20.1 Å². The second kappa shape index (κ2) is 7.97. The second-order valence-corrected chi connectivity index (χ2v) is 6.79. The van der Waals surface area contributed by atoms with Gasteiger partial charge >= 0.3 is 0 Å². The molecule has 0 bridgehead atoms. The molecule has 134 valence electrons. The van der Waals surface area contributed by atoms with E-state index in [0.717, 1.165) is 56.2 Å². The maximum absolute atomic E-state index is 5.85. The first kappa shape index (κ1) is 16.5. The lowest BCUT2D eigenvalue weighted by Crippen LogP contribution is -2.23. The quantitative estimate of drug-likeness (QED) is 0.874. The van der Waals surface area contributed by atoms with Crippen LogP contribution in [0.4, 0.5) is 0 Å². The molecule has 6 nitrogen and oxygen atoms in total. The highest BCUT2D eigenvalue weighted by molar-refractivity contribution is 5.54. The molecule has 2 aromatic rings. The summed E-state index contributed by atoms with van der Waals surface area (Å²) in [5.74, 6) is 0.821. The van der Waals surface area contributed by atoms with Crippen LogP contribution in [-0.4, -0.2) is 40.6 Å². The number of aromatic nitrogens is 3. The first-order valence-electron chi connectivity index (χ1n) is 9.38. The zero-order valence-electron chi connectivity index (χ0n) is 14.6. The maximum Gasteiger partial charge on any atom is 0.150 e. The van der Waals surface area contributed by atoms with E-state index in [2.05, 4.69) is 15.4 Å². The Morgan fingerprint density at radius 2 is 2.20 bits per heavy atom. The molecule has 2 aromatic heterocycles. The number of hydrogen-bond donors (Lipinski definition) is 1. The summed E-state index contributed by atoms with van der Waals surface area (Å²) in [6.45, 7) is 2.67. The second-order valence-electron chi connectivity index (χ2n) is 6.79. The van der Waals surface area contributed by atoms with Crippen LogP contribution in [0.1, 0.15) is 44.8 Å². The summed E-state index contributed by atoms with van der Waals surface area (Å²) in [7, 11) is 0. The van der Waals surface area contributed by atoms with E-state index < -0.39 is 0 Å². The number of nitrogens with zero attached hydrogens (tertiary/aromatic N) is 3. The minimum absolute atomic E-state index is 0.0235. The van der Waals surface area contributed by atoms with Gasteiger partial charge < -0.3 is 14.8 Å².